The Hall–Kier alpha value is -2.50. The average molecular weight is 234 g/mol. The van der Waals surface area contributed by atoms with E-state index in [1.807, 2.05) is 0 Å². The molecule has 0 unspecified atom stereocenters. The smallest absolute Gasteiger partial charge is 0.433 e. The maximum absolute atomic E-state index is 10.4. The molecule has 0 aliphatic rings. The van der Waals surface area contributed by atoms with Gasteiger partial charge in [0.1, 0.15) is 23.0 Å². The highest BCUT2D eigenvalue weighted by Gasteiger charge is 2.11. The lowest BCUT2D eigenvalue weighted by Gasteiger charge is -2.03. The zero-order valence-corrected chi connectivity index (χ0v) is 8.83. The fraction of sp³-hybridized carbons (Fsp3) is 0.0909. The molecule has 0 atom stereocenters. The van der Waals surface area contributed by atoms with Crippen LogP contribution in [0.2, 0.25) is 0 Å². The number of anilines is 1. The molecule has 6 nitrogen and oxygen atoms in total. The highest BCUT2D eigenvalue weighted by molar-refractivity contribution is 5.43. The van der Waals surface area contributed by atoms with Gasteiger partial charge in [0.2, 0.25) is 0 Å². The molecule has 0 spiro atoms. The van der Waals surface area contributed by atoms with E-state index >= 15 is 0 Å². The second-order valence-corrected chi connectivity index (χ2v) is 3.36. The van der Waals surface area contributed by atoms with E-state index in [0.717, 1.165) is 0 Å². The maximum atomic E-state index is 10.4. The first-order valence-corrected chi connectivity index (χ1v) is 4.86. The molecule has 0 amide bonds. The van der Waals surface area contributed by atoms with Crippen molar-refractivity contribution in [1.82, 2.24) is 0 Å². The average Bonchev–Trinajstić information content (AvgIpc) is 2.75. The molecular formula is C11H10N2O4. The van der Waals surface area contributed by atoms with Crippen LogP contribution in [-0.2, 0) is 6.61 Å². The molecule has 2 rings (SSSR count). The molecule has 1 aromatic carbocycles. The molecule has 1 aromatic heterocycles. The van der Waals surface area contributed by atoms with Crippen molar-refractivity contribution >= 4 is 11.6 Å². The molecule has 0 aliphatic heterocycles. The Morgan fingerprint density at radius 1 is 1.35 bits per heavy atom. The Bertz CT molecular complexity index is 536. The van der Waals surface area contributed by atoms with Crippen molar-refractivity contribution < 1.29 is 14.1 Å². The number of hydrogen-bond acceptors (Lipinski definition) is 5. The monoisotopic (exact) mass is 234 g/mol. The van der Waals surface area contributed by atoms with Crippen LogP contribution in [0.1, 0.15) is 5.76 Å². The van der Waals surface area contributed by atoms with Gasteiger partial charge in [-0.25, -0.2) is 0 Å². The molecule has 2 aromatic rings. The predicted octanol–water partition coefficient (Wildman–Crippen LogP) is 2.35. The molecule has 0 bridgehead atoms. The molecule has 0 fully saturated rings. The van der Waals surface area contributed by atoms with E-state index in [9.17, 15) is 10.1 Å². The van der Waals surface area contributed by atoms with Crippen molar-refractivity contribution in [3.8, 4) is 5.75 Å². The second kappa shape index (κ2) is 4.56. The Balaban J connectivity index is 2.00. The number of nitrogen functional groups attached to an aromatic ring is 1. The minimum absolute atomic E-state index is 0.122. The zero-order valence-electron chi connectivity index (χ0n) is 8.83. The highest BCUT2D eigenvalue weighted by atomic mass is 16.6. The summed E-state index contributed by atoms with van der Waals surface area (Å²) in [6, 6.07) is 9.70. The van der Waals surface area contributed by atoms with E-state index in [-0.39, 0.29) is 12.5 Å². The van der Waals surface area contributed by atoms with E-state index in [2.05, 4.69) is 0 Å². The summed E-state index contributed by atoms with van der Waals surface area (Å²) >= 11 is 0. The Morgan fingerprint density at radius 2 is 2.18 bits per heavy atom. The van der Waals surface area contributed by atoms with Crippen LogP contribution in [0.5, 0.6) is 5.75 Å². The Morgan fingerprint density at radius 3 is 2.82 bits per heavy atom. The van der Waals surface area contributed by atoms with Crippen LogP contribution in [0, 0.1) is 10.1 Å². The number of ether oxygens (including phenoxy) is 1. The third kappa shape index (κ3) is 2.75. The first kappa shape index (κ1) is 11.0. The summed E-state index contributed by atoms with van der Waals surface area (Å²) in [5.41, 5.74) is 6.17. The van der Waals surface area contributed by atoms with Crippen molar-refractivity contribution in [2.75, 3.05) is 5.73 Å². The predicted molar refractivity (Wildman–Crippen MR) is 60.5 cm³/mol. The molecular weight excluding hydrogens is 224 g/mol. The van der Waals surface area contributed by atoms with Crippen LogP contribution in [0.3, 0.4) is 0 Å². The van der Waals surface area contributed by atoms with Gasteiger partial charge < -0.3 is 14.9 Å². The summed E-state index contributed by atoms with van der Waals surface area (Å²) in [6.45, 7) is 0.122. The number of nitrogens with two attached hydrogens (primary N) is 1. The molecule has 0 radical (unpaired) electrons. The third-order valence-corrected chi connectivity index (χ3v) is 2.07. The van der Waals surface area contributed by atoms with Crippen molar-refractivity contribution in [3.05, 3.63) is 52.3 Å². The van der Waals surface area contributed by atoms with E-state index in [4.69, 9.17) is 14.9 Å². The first-order chi connectivity index (χ1) is 8.15. The molecule has 88 valence electrons. The number of rotatable bonds is 4. The van der Waals surface area contributed by atoms with Crippen LogP contribution in [-0.4, -0.2) is 4.92 Å². The first-order valence-electron chi connectivity index (χ1n) is 4.86. The van der Waals surface area contributed by atoms with E-state index in [0.29, 0.717) is 17.2 Å². The van der Waals surface area contributed by atoms with Gasteiger partial charge in [-0.05, 0) is 18.2 Å². The van der Waals surface area contributed by atoms with Crippen molar-refractivity contribution in [2.24, 2.45) is 0 Å². The van der Waals surface area contributed by atoms with E-state index < -0.39 is 4.92 Å². The van der Waals surface area contributed by atoms with Gasteiger partial charge in [0, 0.05) is 11.8 Å². The van der Waals surface area contributed by atoms with Crippen LogP contribution >= 0.6 is 0 Å². The maximum Gasteiger partial charge on any atom is 0.433 e. The lowest BCUT2D eigenvalue weighted by Crippen LogP contribution is -1.94. The van der Waals surface area contributed by atoms with Gasteiger partial charge >= 0.3 is 5.88 Å². The third-order valence-electron chi connectivity index (χ3n) is 2.07. The summed E-state index contributed by atoms with van der Waals surface area (Å²) in [5.74, 6) is 0.680. The molecule has 17 heavy (non-hydrogen) atoms. The molecule has 0 saturated carbocycles. The lowest BCUT2D eigenvalue weighted by atomic mass is 10.3. The number of hydrogen-bond donors (Lipinski definition) is 1. The van der Waals surface area contributed by atoms with E-state index in [1.165, 1.54) is 12.1 Å². The van der Waals surface area contributed by atoms with Crippen LogP contribution in [0.25, 0.3) is 0 Å². The number of benzene rings is 1. The quantitative estimate of drug-likeness (QED) is 0.498. The lowest BCUT2D eigenvalue weighted by molar-refractivity contribution is -0.402. The number of nitrogens with zero attached hydrogens (tertiary/aromatic N) is 1. The standard InChI is InChI=1S/C11H10N2O4/c12-8-2-1-3-9(6-8)16-7-10-4-5-11(17-10)13(14)15/h1-6H,7,12H2. The highest BCUT2D eigenvalue weighted by Crippen LogP contribution is 2.19. The summed E-state index contributed by atoms with van der Waals surface area (Å²) in [6.07, 6.45) is 0. The molecule has 0 saturated heterocycles. The summed E-state index contributed by atoms with van der Waals surface area (Å²) < 4.78 is 10.3. The van der Waals surface area contributed by atoms with Gasteiger partial charge in [0.15, 0.2) is 0 Å². The van der Waals surface area contributed by atoms with Gasteiger partial charge in [-0.15, -0.1) is 0 Å². The van der Waals surface area contributed by atoms with Gasteiger partial charge in [-0.1, -0.05) is 6.07 Å². The summed E-state index contributed by atoms with van der Waals surface area (Å²) in [7, 11) is 0. The van der Waals surface area contributed by atoms with Crippen LogP contribution < -0.4 is 10.5 Å². The number of furan rings is 1. The van der Waals surface area contributed by atoms with Gasteiger partial charge in [-0.3, -0.25) is 10.1 Å². The van der Waals surface area contributed by atoms with Crippen molar-refractivity contribution in [3.63, 3.8) is 0 Å². The van der Waals surface area contributed by atoms with Crippen molar-refractivity contribution in [2.45, 2.75) is 6.61 Å². The molecule has 1 heterocycles. The fourth-order valence-electron chi connectivity index (χ4n) is 1.30. The minimum atomic E-state index is -0.593. The zero-order chi connectivity index (χ0) is 12.3. The van der Waals surface area contributed by atoms with Crippen molar-refractivity contribution in [1.29, 1.82) is 0 Å². The summed E-state index contributed by atoms with van der Waals surface area (Å²) in [4.78, 5) is 9.79. The van der Waals surface area contributed by atoms with E-state index in [1.54, 1.807) is 24.3 Å². The minimum Gasteiger partial charge on any atom is -0.486 e. The van der Waals surface area contributed by atoms with Crippen LogP contribution in [0.4, 0.5) is 11.6 Å². The van der Waals surface area contributed by atoms with Gasteiger partial charge in [0.05, 0.1) is 6.07 Å². The Labute approximate surface area is 96.8 Å². The second-order valence-electron chi connectivity index (χ2n) is 3.36. The topological polar surface area (TPSA) is 91.5 Å². The summed E-state index contributed by atoms with van der Waals surface area (Å²) in [5, 5.41) is 10.4. The Kier molecular flexibility index (Phi) is 2.95. The normalized spacial score (nSPS) is 10.1. The number of nitro groups is 1. The SMILES string of the molecule is Nc1cccc(OCc2ccc([N+](=O)[O-])o2)c1. The largest absolute Gasteiger partial charge is 0.486 e. The fourth-order valence-corrected chi connectivity index (χ4v) is 1.30. The molecule has 0 aliphatic carbocycles. The van der Waals surface area contributed by atoms with Gasteiger partial charge in [-0.2, -0.15) is 0 Å². The molecule has 6 heteroatoms. The van der Waals surface area contributed by atoms with Gasteiger partial charge in [0.25, 0.3) is 0 Å². The molecule has 2 N–H and O–H groups in total. The van der Waals surface area contributed by atoms with Crippen LogP contribution in [0.15, 0.2) is 40.8 Å².